The molecule has 0 aliphatic rings. The first-order chi connectivity index (χ1) is 16.1. The van der Waals surface area contributed by atoms with E-state index in [1.165, 1.54) is 48.5 Å². The lowest BCUT2D eigenvalue weighted by molar-refractivity contribution is -0.248. The third kappa shape index (κ3) is 5.29. The van der Waals surface area contributed by atoms with Gasteiger partial charge in [-0.1, -0.05) is 56.1 Å². The van der Waals surface area contributed by atoms with Crippen molar-refractivity contribution in [3.8, 4) is 23.0 Å². The Balaban J connectivity index is 1.58. The van der Waals surface area contributed by atoms with Crippen LogP contribution in [0.2, 0.25) is 0 Å². The van der Waals surface area contributed by atoms with Gasteiger partial charge in [-0.3, -0.25) is 0 Å². The van der Waals surface area contributed by atoms with Crippen LogP contribution in [0.25, 0.3) is 0 Å². The van der Waals surface area contributed by atoms with Crippen LogP contribution in [0.3, 0.4) is 0 Å². The number of aliphatic hydroxyl groups is 1. The molecule has 3 nitrogen and oxygen atoms in total. The quantitative estimate of drug-likeness (QED) is 0.243. The van der Waals surface area contributed by atoms with E-state index in [0.717, 1.165) is 8.95 Å². The average molecular weight is 594 g/mol. The number of ether oxygens (including phenoxy) is 2. The van der Waals surface area contributed by atoms with Crippen LogP contribution in [-0.2, 0) is 5.60 Å². The second kappa shape index (κ2) is 9.82. The van der Waals surface area contributed by atoms with Crippen molar-refractivity contribution >= 4 is 31.9 Å². The van der Waals surface area contributed by atoms with Crippen LogP contribution in [0.4, 0.5) is 13.2 Å². The first kappa shape index (κ1) is 24.3. The fraction of sp³-hybridized carbons (Fsp3) is 0.0769. The second-order valence-corrected chi connectivity index (χ2v) is 9.20. The molecule has 0 spiro atoms. The summed E-state index contributed by atoms with van der Waals surface area (Å²) in [5.74, 6) is 1.74. The van der Waals surface area contributed by atoms with Crippen molar-refractivity contribution in [2.45, 2.75) is 11.8 Å². The monoisotopic (exact) mass is 592 g/mol. The van der Waals surface area contributed by atoms with E-state index >= 15 is 0 Å². The molecule has 0 saturated carbocycles. The highest BCUT2D eigenvalue weighted by Crippen LogP contribution is 2.45. The van der Waals surface area contributed by atoms with Gasteiger partial charge in [-0.2, -0.15) is 13.2 Å². The molecule has 0 aromatic heterocycles. The topological polar surface area (TPSA) is 38.7 Å². The molecule has 0 aliphatic heterocycles. The highest BCUT2D eigenvalue weighted by atomic mass is 79.9. The van der Waals surface area contributed by atoms with E-state index in [9.17, 15) is 18.3 Å². The maximum atomic E-state index is 14.1. The average Bonchev–Trinajstić information content (AvgIpc) is 2.82. The standard InChI is InChI=1S/C26H17Br2F3O3/c27-19-5-13-23(14-6-19)33-21-9-1-17(2-10-21)25(32,26(29,30)31)18-3-11-22(12-4-18)34-24-15-7-20(28)8-16-24/h1-16,32H. The molecule has 0 fully saturated rings. The first-order valence-corrected chi connectivity index (χ1v) is 11.6. The van der Waals surface area contributed by atoms with Crippen LogP contribution in [-0.4, -0.2) is 11.3 Å². The van der Waals surface area contributed by atoms with Gasteiger partial charge in [0, 0.05) is 8.95 Å². The minimum atomic E-state index is -4.96. The van der Waals surface area contributed by atoms with Crippen LogP contribution in [0, 0.1) is 0 Å². The molecule has 0 unspecified atom stereocenters. The molecule has 174 valence electrons. The lowest BCUT2D eigenvalue weighted by Gasteiger charge is -2.31. The van der Waals surface area contributed by atoms with Crippen LogP contribution >= 0.6 is 31.9 Å². The summed E-state index contributed by atoms with van der Waals surface area (Å²) in [6.07, 6.45) is -4.96. The summed E-state index contributed by atoms with van der Waals surface area (Å²) in [7, 11) is 0. The normalized spacial score (nSPS) is 11.8. The molecule has 0 saturated heterocycles. The Morgan fingerprint density at radius 3 is 1.03 bits per heavy atom. The third-order valence-electron chi connectivity index (χ3n) is 5.05. The number of alkyl halides is 3. The Labute approximate surface area is 211 Å². The van der Waals surface area contributed by atoms with Crippen molar-refractivity contribution in [1.82, 2.24) is 0 Å². The largest absolute Gasteiger partial charge is 0.457 e. The van der Waals surface area contributed by atoms with E-state index in [-0.39, 0.29) is 11.1 Å². The number of benzene rings is 4. The lowest BCUT2D eigenvalue weighted by Crippen LogP contribution is -2.43. The highest BCUT2D eigenvalue weighted by molar-refractivity contribution is 9.10. The zero-order valence-electron chi connectivity index (χ0n) is 17.4. The number of rotatable bonds is 6. The fourth-order valence-electron chi connectivity index (χ4n) is 3.30. The SMILES string of the molecule is OC(c1ccc(Oc2ccc(Br)cc2)cc1)(c1ccc(Oc2ccc(Br)cc2)cc1)C(F)(F)F. The van der Waals surface area contributed by atoms with Gasteiger partial charge in [0.05, 0.1) is 0 Å². The Morgan fingerprint density at radius 1 is 0.500 bits per heavy atom. The molecule has 0 heterocycles. The number of hydrogen-bond acceptors (Lipinski definition) is 3. The summed E-state index contributed by atoms with van der Waals surface area (Å²) >= 11 is 6.65. The molecule has 0 aliphatic carbocycles. The van der Waals surface area contributed by atoms with Crippen molar-refractivity contribution in [2.24, 2.45) is 0 Å². The van der Waals surface area contributed by atoms with Gasteiger partial charge < -0.3 is 14.6 Å². The van der Waals surface area contributed by atoms with Gasteiger partial charge in [0.1, 0.15) is 23.0 Å². The van der Waals surface area contributed by atoms with Gasteiger partial charge in [-0.15, -0.1) is 0 Å². The summed E-state index contributed by atoms with van der Waals surface area (Å²) in [5, 5.41) is 10.9. The van der Waals surface area contributed by atoms with Crippen LogP contribution < -0.4 is 9.47 Å². The van der Waals surface area contributed by atoms with Gasteiger partial charge in [-0.25, -0.2) is 0 Å². The van der Waals surface area contributed by atoms with Crippen molar-refractivity contribution < 1.29 is 27.8 Å². The Kier molecular flexibility index (Phi) is 7.02. The molecular formula is C26H17Br2F3O3. The fourth-order valence-corrected chi connectivity index (χ4v) is 3.83. The van der Waals surface area contributed by atoms with E-state index in [4.69, 9.17) is 9.47 Å². The predicted molar refractivity (Wildman–Crippen MR) is 130 cm³/mol. The maximum Gasteiger partial charge on any atom is 0.425 e. The number of halogens is 5. The summed E-state index contributed by atoms with van der Waals surface area (Å²) in [4.78, 5) is 0. The first-order valence-electron chi connectivity index (χ1n) is 10.0. The molecule has 34 heavy (non-hydrogen) atoms. The molecule has 0 bridgehead atoms. The van der Waals surface area contributed by atoms with E-state index in [1.54, 1.807) is 48.5 Å². The van der Waals surface area contributed by atoms with Gasteiger partial charge in [0.2, 0.25) is 5.60 Å². The highest BCUT2D eigenvalue weighted by Gasteiger charge is 2.56. The summed E-state index contributed by atoms with van der Waals surface area (Å²) in [6.45, 7) is 0. The Bertz CT molecular complexity index is 1150. The van der Waals surface area contributed by atoms with Crippen molar-refractivity contribution in [3.63, 3.8) is 0 Å². The maximum absolute atomic E-state index is 14.1. The van der Waals surface area contributed by atoms with Crippen LogP contribution in [0.15, 0.2) is 106 Å². The minimum absolute atomic E-state index is 0.329. The Morgan fingerprint density at radius 2 is 0.765 bits per heavy atom. The van der Waals surface area contributed by atoms with E-state index in [0.29, 0.717) is 23.0 Å². The smallest absolute Gasteiger partial charge is 0.425 e. The molecule has 8 heteroatoms. The van der Waals surface area contributed by atoms with Crippen molar-refractivity contribution in [3.05, 3.63) is 117 Å². The van der Waals surface area contributed by atoms with E-state index < -0.39 is 11.8 Å². The van der Waals surface area contributed by atoms with Crippen molar-refractivity contribution in [2.75, 3.05) is 0 Å². The molecule has 4 aromatic carbocycles. The van der Waals surface area contributed by atoms with Gasteiger partial charge in [0.25, 0.3) is 0 Å². The molecular weight excluding hydrogens is 577 g/mol. The van der Waals surface area contributed by atoms with Crippen LogP contribution in [0.1, 0.15) is 11.1 Å². The van der Waals surface area contributed by atoms with Crippen LogP contribution in [0.5, 0.6) is 23.0 Å². The third-order valence-corrected chi connectivity index (χ3v) is 6.11. The summed E-state index contributed by atoms with van der Waals surface area (Å²) < 4.78 is 55.5. The lowest BCUT2D eigenvalue weighted by atomic mass is 9.85. The van der Waals surface area contributed by atoms with E-state index in [1.807, 2.05) is 0 Å². The minimum Gasteiger partial charge on any atom is -0.457 e. The van der Waals surface area contributed by atoms with Gasteiger partial charge in [-0.05, 0) is 83.9 Å². The molecule has 4 aromatic rings. The zero-order chi connectivity index (χ0) is 24.3. The number of hydrogen-bond donors (Lipinski definition) is 1. The molecule has 0 atom stereocenters. The Hall–Kier alpha value is -2.81. The summed E-state index contributed by atoms with van der Waals surface area (Å²) in [5.41, 5.74) is -3.87. The van der Waals surface area contributed by atoms with E-state index in [2.05, 4.69) is 31.9 Å². The van der Waals surface area contributed by atoms with Crippen molar-refractivity contribution in [1.29, 1.82) is 0 Å². The molecule has 1 N–H and O–H groups in total. The molecule has 0 radical (unpaired) electrons. The summed E-state index contributed by atoms with van der Waals surface area (Å²) in [6, 6.07) is 24.4. The van der Waals surface area contributed by atoms with Gasteiger partial charge in [0.15, 0.2) is 0 Å². The molecule has 4 rings (SSSR count). The van der Waals surface area contributed by atoms with Gasteiger partial charge >= 0.3 is 6.18 Å². The molecule has 0 amide bonds. The zero-order valence-corrected chi connectivity index (χ0v) is 20.6. The second-order valence-electron chi connectivity index (χ2n) is 7.37. The predicted octanol–water partition coefficient (Wildman–Crippen LogP) is 8.59.